The second-order valence-corrected chi connectivity index (χ2v) is 4.31. The Bertz CT molecular complexity index is 369. The van der Waals surface area contributed by atoms with Crippen LogP contribution in [0.2, 0.25) is 0 Å². The highest BCUT2D eigenvalue weighted by Gasteiger charge is 2.14. The van der Waals surface area contributed by atoms with Crippen LogP contribution in [0.15, 0.2) is 0 Å². The van der Waals surface area contributed by atoms with E-state index >= 15 is 0 Å². The number of hydrogen-bond donors (Lipinski definition) is 1. The minimum atomic E-state index is 0.0126. The molecule has 1 unspecified atom stereocenters. The molecule has 1 heterocycles. The van der Waals surface area contributed by atoms with E-state index in [1.807, 2.05) is 25.8 Å². The summed E-state index contributed by atoms with van der Waals surface area (Å²) >= 11 is 0. The molecule has 0 spiro atoms. The Labute approximate surface area is 102 Å². The Kier molecular flexibility index (Phi) is 4.48. The van der Waals surface area contributed by atoms with Crippen molar-refractivity contribution in [3.63, 3.8) is 0 Å². The zero-order chi connectivity index (χ0) is 13.0. The van der Waals surface area contributed by atoms with Crippen molar-refractivity contribution < 1.29 is 4.74 Å². The number of rotatable bonds is 5. The zero-order valence-corrected chi connectivity index (χ0v) is 11.1. The first-order valence-electron chi connectivity index (χ1n) is 5.85. The fourth-order valence-corrected chi connectivity index (χ4v) is 1.25. The number of ether oxygens (including phenoxy) is 1. The molecule has 0 saturated carbocycles. The summed E-state index contributed by atoms with van der Waals surface area (Å²) in [5.41, 5.74) is 5.65. The quantitative estimate of drug-likeness (QED) is 0.838. The van der Waals surface area contributed by atoms with E-state index in [1.54, 1.807) is 0 Å². The maximum absolute atomic E-state index is 5.65. The van der Waals surface area contributed by atoms with E-state index in [0.717, 1.165) is 6.42 Å². The van der Waals surface area contributed by atoms with Gasteiger partial charge in [0.25, 0.3) is 0 Å². The number of nitrogen functional groups attached to an aromatic ring is 1. The highest BCUT2D eigenvalue weighted by Crippen LogP contribution is 2.16. The van der Waals surface area contributed by atoms with Crippen LogP contribution in [0.5, 0.6) is 6.01 Å². The molecule has 0 fully saturated rings. The topological polar surface area (TPSA) is 77.2 Å². The van der Waals surface area contributed by atoms with Gasteiger partial charge in [0.1, 0.15) is 0 Å². The van der Waals surface area contributed by atoms with E-state index in [2.05, 4.69) is 28.8 Å². The van der Waals surface area contributed by atoms with Crippen LogP contribution in [0.1, 0.15) is 34.1 Å². The Morgan fingerprint density at radius 1 is 1.24 bits per heavy atom. The van der Waals surface area contributed by atoms with Gasteiger partial charge in [0.15, 0.2) is 0 Å². The van der Waals surface area contributed by atoms with Crippen molar-refractivity contribution in [3.8, 4) is 6.01 Å². The summed E-state index contributed by atoms with van der Waals surface area (Å²) in [5.74, 6) is 0.725. The number of anilines is 2. The minimum Gasteiger partial charge on any atom is -0.461 e. The van der Waals surface area contributed by atoms with E-state index in [-0.39, 0.29) is 18.1 Å². The first kappa shape index (κ1) is 13.5. The lowest BCUT2D eigenvalue weighted by molar-refractivity contribution is 0.222. The second kappa shape index (κ2) is 5.65. The van der Waals surface area contributed by atoms with Gasteiger partial charge in [-0.05, 0) is 27.2 Å². The summed E-state index contributed by atoms with van der Waals surface area (Å²) in [4.78, 5) is 14.3. The first-order valence-corrected chi connectivity index (χ1v) is 5.85. The first-order chi connectivity index (χ1) is 7.93. The SMILES string of the molecule is CCC(C)N(C)c1nc(N)nc(OC(C)C)n1. The number of hydrogen-bond acceptors (Lipinski definition) is 6. The minimum absolute atomic E-state index is 0.0126. The van der Waals surface area contributed by atoms with Gasteiger partial charge in [-0.3, -0.25) is 0 Å². The molecule has 1 aromatic rings. The van der Waals surface area contributed by atoms with Crippen LogP contribution in [0.25, 0.3) is 0 Å². The number of aromatic nitrogens is 3. The maximum Gasteiger partial charge on any atom is 0.323 e. The van der Waals surface area contributed by atoms with Crippen LogP contribution in [-0.4, -0.2) is 34.1 Å². The lowest BCUT2D eigenvalue weighted by atomic mass is 10.2. The lowest BCUT2D eigenvalue weighted by Gasteiger charge is -2.23. The third kappa shape index (κ3) is 3.72. The predicted molar refractivity (Wildman–Crippen MR) is 68.2 cm³/mol. The van der Waals surface area contributed by atoms with E-state index in [0.29, 0.717) is 12.0 Å². The summed E-state index contributed by atoms with van der Waals surface area (Å²) < 4.78 is 5.43. The van der Waals surface area contributed by atoms with E-state index < -0.39 is 0 Å². The molecule has 17 heavy (non-hydrogen) atoms. The summed E-state index contributed by atoms with van der Waals surface area (Å²) in [5, 5.41) is 0. The van der Waals surface area contributed by atoms with Gasteiger partial charge in [0, 0.05) is 13.1 Å². The molecule has 0 aliphatic rings. The fourth-order valence-electron chi connectivity index (χ4n) is 1.25. The predicted octanol–water partition coefficient (Wildman–Crippen LogP) is 1.48. The fraction of sp³-hybridized carbons (Fsp3) is 0.727. The molecule has 0 aliphatic carbocycles. The van der Waals surface area contributed by atoms with Crippen molar-refractivity contribution in [2.75, 3.05) is 17.7 Å². The van der Waals surface area contributed by atoms with Crippen molar-refractivity contribution in [1.82, 2.24) is 15.0 Å². The lowest BCUT2D eigenvalue weighted by Crippen LogP contribution is -2.30. The molecule has 0 saturated heterocycles. The van der Waals surface area contributed by atoms with Crippen molar-refractivity contribution >= 4 is 11.9 Å². The molecule has 1 atom stereocenters. The molecule has 0 bridgehead atoms. The monoisotopic (exact) mass is 239 g/mol. The van der Waals surface area contributed by atoms with Gasteiger partial charge in [-0.25, -0.2) is 0 Å². The number of nitrogens with zero attached hydrogens (tertiary/aromatic N) is 4. The molecule has 0 aromatic carbocycles. The van der Waals surface area contributed by atoms with E-state index in [4.69, 9.17) is 10.5 Å². The molecule has 0 radical (unpaired) electrons. The molecular formula is C11H21N5O. The van der Waals surface area contributed by atoms with Gasteiger partial charge in [0.2, 0.25) is 11.9 Å². The zero-order valence-electron chi connectivity index (χ0n) is 11.1. The highest BCUT2D eigenvalue weighted by atomic mass is 16.5. The van der Waals surface area contributed by atoms with Gasteiger partial charge in [-0.15, -0.1) is 0 Å². The molecule has 6 heteroatoms. The highest BCUT2D eigenvalue weighted by molar-refractivity contribution is 5.35. The number of nitrogens with two attached hydrogens (primary N) is 1. The van der Waals surface area contributed by atoms with Crippen LogP contribution >= 0.6 is 0 Å². The molecular weight excluding hydrogens is 218 g/mol. The van der Waals surface area contributed by atoms with Gasteiger partial charge in [0.05, 0.1) is 6.10 Å². The van der Waals surface area contributed by atoms with E-state index in [1.165, 1.54) is 0 Å². The molecule has 0 amide bonds. The molecule has 6 nitrogen and oxygen atoms in total. The summed E-state index contributed by atoms with van der Waals surface area (Å²) in [6.45, 7) is 8.04. The van der Waals surface area contributed by atoms with Gasteiger partial charge >= 0.3 is 6.01 Å². The summed E-state index contributed by atoms with van der Waals surface area (Å²) in [7, 11) is 1.93. The maximum atomic E-state index is 5.65. The van der Waals surface area contributed by atoms with Crippen molar-refractivity contribution in [1.29, 1.82) is 0 Å². The second-order valence-electron chi connectivity index (χ2n) is 4.31. The smallest absolute Gasteiger partial charge is 0.323 e. The van der Waals surface area contributed by atoms with Crippen molar-refractivity contribution in [2.24, 2.45) is 0 Å². The third-order valence-corrected chi connectivity index (χ3v) is 2.53. The van der Waals surface area contributed by atoms with Crippen LogP contribution in [0.3, 0.4) is 0 Å². The van der Waals surface area contributed by atoms with Crippen LogP contribution in [-0.2, 0) is 0 Å². The third-order valence-electron chi connectivity index (χ3n) is 2.53. The Morgan fingerprint density at radius 2 is 1.88 bits per heavy atom. The molecule has 1 rings (SSSR count). The molecule has 2 N–H and O–H groups in total. The summed E-state index contributed by atoms with van der Waals surface area (Å²) in [6.07, 6.45) is 1.01. The van der Waals surface area contributed by atoms with Crippen molar-refractivity contribution in [2.45, 2.75) is 46.3 Å². The standard InChI is InChI=1S/C11H21N5O/c1-6-8(4)16(5)10-13-9(12)14-11(15-10)17-7(2)3/h7-8H,6H2,1-5H3,(H2,12,13,14,15). The van der Waals surface area contributed by atoms with Crippen LogP contribution in [0, 0.1) is 0 Å². The molecule has 96 valence electrons. The Balaban J connectivity index is 2.96. The van der Waals surface area contributed by atoms with E-state index in [9.17, 15) is 0 Å². The average Bonchev–Trinajstić information content (AvgIpc) is 2.25. The van der Waals surface area contributed by atoms with Gasteiger partial charge in [-0.2, -0.15) is 15.0 Å². The Hall–Kier alpha value is -1.59. The van der Waals surface area contributed by atoms with Gasteiger partial charge in [-0.1, -0.05) is 6.92 Å². The molecule has 1 aromatic heterocycles. The summed E-state index contributed by atoms with van der Waals surface area (Å²) in [6, 6.07) is 0.612. The van der Waals surface area contributed by atoms with Crippen molar-refractivity contribution in [3.05, 3.63) is 0 Å². The average molecular weight is 239 g/mol. The van der Waals surface area contributed by atoms with Gasteiger partial charge < -0.3 is 15.4 Å². The normalized spacial score (nSPS) is 12.6. The largest absolute Gasteiger partial charge is 0.461 e. The molecule has 0 aliphatic heterocycles. The Morgan fingerprint density at radius 3 is 2.41 bits per heavy atom. The van der Waals surface area contributed by atoms with Crippen LogP contribution < -0.4 is 15.4 Å². The van der Waals surface area contributed by atoms with Crippen LogP contribution in [0.4, 0.5) is 11.9 Å².